The smallest absolute Gasteiger partial charge is 0.314 e. The molecule has 0 bridgehead atoms. The number of H-pyrrole nitrogens is 1. The third-order valence-electron chi connectivity index (χ3n) is 1.16. The van der Waals surface area contributed by atoms with Gasteiger partial charge in [0.15, 0.2) is 0 Å². The molecule has 66 valence electrons. The van der Waals surface area contributed by atoms with E-state index in [2.05, 4.69) is 0 Å². The van der Waals surface area contributed by atoms with Crippen molar-refractivity contribution in [2.75, 3.05) is 0 Å². The third kappa shape index (κ3) is 1.46. The Morgan fingerprint density at radius 1 is 1.42 bits per heavy atom. The number of rotatable bonds is 1. The lowest BCUT2D eigenvalue weighted by molar-refractivity contribution is 0.431. The fourth-order valence-corrected chi connectivity index (χ4v) is 1.21. The fraction of sp³-hybridized carbons (Fsp3) is 0. The summed E-state index contributed by atoms with van der Waals surface area (Å²) in [5, 5.41) is 7.96. The van der Waals surface area contributed by atoms with Crippen LogP contribution < -0.4 is 5.43 Å². The predicted molar refractivity (Wildman–Crippen MR) is 38.5 cm³/mol. The van der Waals surface area contributed by atoms with Crippen molar-refractivity contribution in [1.29, 1.82) is 0 Å². The Kier molecular flexibility index (Phi) is 1.90. The molecule has 0 aromatic carbocycles. The van der Waals surface area contributed by atoms with Crippen LogP contribution >= 0.6 is 0 Å². The molecular formula is C5H5NO5S. The van der Waals surface area contributed by atoms with Crippen LogP contribution in [0.15, 0.2) is 22.1 Å². The summed E-state index contributed by atoms with van der Waals surface area (Å²) in [6, 6.07) is 0.935. The van der Waals surface area contributed by atoms with Crippen molar-refractivity contribution in [3.8, 4) is 5.75 Å². The predicted octanol–water partition coefficient (Wildman–Crippen LogP) is -0.673. The molecule has 0 fully saturated rings. The SMILES string of the molecule is O=c1cc[nH]c(S(=O)(=O)O)c1O. The van der Waals surface area contributed by atoms with Gasteiger partial charge in [0, 0.05) is 12.3 Å². The average molecular weight is 191 g/mol. The summed E-state index contributed by atoms with van der Waals surface area (Å²) in [5.41, 5.74) is -0.874. The summed E-state index contributed by atoms with van der Waals surface area (Å²) >= 11 is 0. The molecule has 7 heteroatoms. The summed E-state index contributed by atoms with van der Waals surface area (Å²) in [7, 11) is -4.56. The van der Waals surface area contributed by atoms with Crippen LogP contribution in [-0.2, 0) is 10.1 Å². The van der Waals surface area contributed by atoms with Crippen LogP contribution in [0.3, 0.4) is 0 Å². The Labute approximate surface area is 67.2 Å². The van der Waals surface area contributed by atoms with Crippen molar-refractivity contribution in [2.45, 2.75) is 5.03 Å². The van der Waals surface area contributed by atoms with Gasteiger partial charge >= 0.3 is 10.1 Å². The van der Waals surface area contributed by atoms with E-state index < -0.39 is 26.3 Å². The Morgan fingerprint density at radius 2 is 2.00 bits per heavy atom. The molecule has 0 aliphatic rings. The fourth-order valence-electron chi connectivity index (χ4n) is 0.649. The van der Waals surface area contributed by atoms with Crippen molar-refractivity contribution in [3.63, 3.8) is 0 Å². The van der Waals surface area contributed by atoms with Crippen LogP contribution in [0.5, 0.6) is 5.75 Å². The van der Waals surface area contributed by atoms with E-state index in [0.29, 0.717) is 0 Å². The largest absolute Gasteiger partial charge is 0.502 e. The second-order valence-corrected chi connectivity index (χ2v) is 3.35. The molecule has 12 heavy (non-hydrogen) atoms. The number of aromatic nitrogens is 1. The summed E-state index contributed by atoms with van der Waals surface area (Å²) < 4.78 is 29.3. The van der Waals surface area contributed by atoms with Crippen molar-refractivity contribution in [2.24, 2.45) is 0 Å². The lowest BCUT2D eigenvalue weighted by Gasteiger charge is -1.97. The molecule has 0 atom stereocenters. The standard InChI is InChI=1S/C5H5NO5S/c7-3-1-2-6-5(4(3)8)12(9,10)11/h1-2,8H,(H,6,7)(H,9,10,11). The molecule has 0 radical (unpaired) electrons. The van der Waals surface area contributed by atoms with Crippen molar-refractivity contribution in [1.82, 2.24) is 4.98 Å². The van der Waals surface area contributed by atoms with Gasteiger partial charge in [0.2, 0.25) is 16.2 Å². The van der Waals surface area contributed by atoms with Crippen LogP contribution in [0.4, 0.5) is 0 Å². The van der Waals surface area contributed by atoms with Crippen LogP contribution in [0, 0.1) is 0 Å². The van der Waals surface area contributed by atoms with Crippen molar-refractivity contribution < 1.29 is 18.1 Å². The molecule has 6 nitrogen and oxygen atoms in total. The molecule has 1 aromatic rings. The number of aromatic hydroxyl groups is 1. The van der Waals surface area contributed by atoms with Gasteiger partial charge in [-0.1, -0.05) is 0 Å². The maximum atomic E-state index is 10.6. The van der Waals surface area contributed by atoms with Crippen LogP contribution in [-0.4, -0.2) is 23.1 Å². The minimum Gasteiger partial charge on any atom is -0.502 e. The zero-order valence-electron chi connectivity index (χ0n) is 5.68. The van der Waals surface area contributed by atoms with E-state index in [1.807, 2.05) is 4.98 Å². The average Bonchev–Trinajstić information content (AvgIpc) is 1.92. The molecule has 0 unspecified atom stereocenters. The number of pyridine rings is 1. The molecule has 0 amide bonds. The van der Waals surface area contributed by atoms with Gasteiger partial charge in [0.05, 0.1) is 0 Å². The molecule has 1 aromatic heterocycles. The normalized spacial score (nSPS) is 11.4. The molecule has 0 spiro atoms. The van der Waals surface area contributed by atoms with E-state index >= 15 is 0 Å². The maximum absolute atomic E-state index is 10.6. The van der Waals surface area contributed by atoms with E-state index in [0.717, 1.165) is 12.3 Å². The van der Waals surface area contributed by atoms with Gasteiger partial charge in [-0.05, 0) is 0 Å². The first-order valence-corrected chi connectivity index (χ1v) is 4.25. The van der Waals surface area contributed by atoms with Crippen LogP contribution in [0.1, 0.15) is 0 Å². The van der Waals surface area contributed by atoms with E-state index in [4.69, 9.17) is 9.66 Å². The number of hydrogen-bond donors (Lipinski definition) is 3. The zero-order valence-corrected chi connectivity index (χ0v) is 6.50. The lowest BCUT2D eigenvalue weighted by atomic mass is 10.4. The Balaban J connectivity index is 3.58. The monoisotopic (exact) mass is 191 g/mol. The van der Waals surface area contributed by atoms with E-state index in [9.17, 15) is 13.2 Å². The Bertz CT molecular complexity index is 445. The van der Waals surface area contributed by atoms with Gasteiger partial charge in [0.25, 0.3) is 0 Å². The second-order valence-electron chi connectivity index (χ2n) is 1.99. The van der Waals surface area contributed by atoms with Gasteiger partial charge in [-0.3, -0.25) is 9.35 Å². The van der Waals surface area contributed by atoms with E-state index in [-0.39, 0.29) is 0 Å². The van der Waals surface area contributed by atoms with Crippen molar-refractivity contribution in [3.05, 3.63) is 22.5 Å². The van der Waals surface area contributed by atoms with E-state index in [1.165, 1.54) is 0 Å². The highest BCUT2D eigenvalue weighted by molar-refractivity contribution is 7.85. The summed E-state index contributed by atoms with van der Waals surface area (Å²) in [6.07, 6.45) is 1.01. The molecule has 0 saturated heterocycles. The highest BCUT2D eigenvalue weighted by Gasteiger charge is 2.17. The molecule has 1 heterocycles. The maximum Gasteiger partial charge on any atom is 0.314 e. The van der Waals surface area contributed by atoms with Gasteiger partial charge in [-0.2, -0.15) is 8.42 Å². The Morgan fingerprint density at radius 3 is 2.42 bits per heavy atom. The lowest BCUT2D eigenvalue weighted by Crippen LogP contribution is -2.08. The Hall–Kier alpha value is -1.34. The quantitative estimate of drug-likeness (QED) is 0.510. The number of aromatic amines is 1. The van der Waals surface area contributed by atoms with Gasteiger partial charge in [-0.25, -0.2) is 0 Å². The first-order chi connectivity index (χ1) is 5.43. The molecule has 0 saturated carbocycles. The number of nitrogens with one attached hydrogen (secondary N) is 1. The molecule has 0 aliphatic carbocycles. The van der Waals surface area contributed by atoms with Crippen molar-refractivity contribution >= 4 is 10.1 Å². The third-order valence-corrected chi connectivity index (χ3v) is 1.98. The minimum absolute atomic E-state index is 0.874. The zero-order chi connectivity index (χ0) is 9.35. The topological polar surface area (TPSA) is 107 Å². The minimum atomic E-state index is -4.56. The van der Waals surface area contributed by atoms with Gasteiger partial charge in [0.1, 0.15) is 0 Å². The number of hydrogen-bond acceptors (Lipinski definition) is 4. The molecular weight excluding hydrogens is 186 g/mol. The highest BCUT2D eigenvalue weighted by atomic mass is 32.2. The van der Waals surface area contributed by atoms with Gasteiger partial charge < -0.3 is 10.1 Å². The van der Waals surface area contributed by atoms with E-state index in [1.54, 1.807) is 0 Å². The first-order valence-electron chi connectivity index (χ1n) is 2.81. The van der Waals surface area contributed by atoms with Gasteiger partial charge in [-0.15, -0.1) is 0 Å². The van der Waals surface area contributed by atoms with Crippen LogP contribution in [0.2, 0.25) is 0 Å². The summed E-state index contributed by atoms with van der Waals surface area (Å²) in [5.74, 6) is -1.01. The molecule has 1 rings (SSSR count). The summed E-state index contributed by atoms with van der Waals surface area (Å²) in [6.45, 7) is 0. The highest BCUT2D eigenvalue weighted by Crippen LogP contribution is 2.12. The first kappa shape index (κ1) is 8.75. The summed E-state index contributed by atoms with van der Waals surface area (Å²) in [4.78, 5) is 12.7. The molecule has 0 aliphatic heterocycles. The van der Waals surface area contributed by atoms with Crippen LogP contribution in [0.25, 0.3) is 0 Å². The second kappa shape index (κ2) is 2.61. The molecule has 3 N–H and O–H groups in total.